The second kappa shape index (κ2) is 28.9. The molecule has 80 heavy (non-hydrogen) atoms. The van der Waals surface area contributed by atoms with E-state index >= 15 is 4.79 Å². The van der Waals surface area contributed by atoms with Gasteiger partial charge in [-0.25, -0.2) is 0 Å². The SMILES string of the molecule is C[C@@H](O)[C@@H]1NC(=O)[C@H](CCCCN)N(C)C(=O)[C@@H](Cc2c[nH]c3ccccc23)NC(=O)[C@H](Cc2cccnc2)NC(=O)[C@H](NC(=O)[C@@H](N)Cc2cccnc2)CSSC[C@@H](C(=O)N[C@H](Cc2c[nH]c3ccccc23)C(N)=O)NC1=O. The number of aromatic amines is 2. The van der Waals surface area contributed by atoms with Gasteiger partial charge in [0, 0.05) is 96.8 Å². The second-order valence-electron chi connectivity index (χ2n) is 19.6. The van der Waals surface area contributed by atoms with Crippen molar-refractivity contribution in [3.63, 3.8) is 0 Å². The third-order valence-corrected chi connectivity index (χ3v) is 16.1. The van der Waals surface area contributed by atoms with Crippen LogP contribution in [-0.2, 0) is 64.0 Å². The lowest BCUT2D eigenvalue weighted by Gasteiger charge is -2.33. The van der Waals surface area contributed by atoms with Crippen molar-refractivity contribution in [3.05, 3.63) is 132 Å². The lowest BCUT2D eigenvalue weighted by molar-refractivity contribution is -0.143. The van der Waals surface area contributed by atoms with Crippen LogP contribution >= 0.6 is 21.6 Å². The molecule has 0 spiro atoms. The van der Waals surface area contributed by atoms with Crippen LogP contribution in [0.3, 0.4) is 0 Å². The Labute approximate surface area is 469 Å². The number of carbonyl (C=O) groups excluding carboxylic acids is 8. The molecule has 2 aromatic carbocycles. The predicted octanol–water partition coefficient (Wildman–Crippen LogP) is 0.163. The Morgan fingerprint density at radius 2 is 1.36 bits per heavy atom. The Morgan fingerprint density at radius 3 is 2.00 bits per heavy atom. The van der Waals surface area contributed by atoms with Gasteiger partial charge in [-0.05, 0) is 85.7 Å². The summed E-state index contributed by atoms with van der Waals surface area (Å²) >= 11 is 0. The number of H-pyrrole nitrogens is 2. The normalized spacial score (nSPS) is 21.3. The van der Waals surface area contributed by atoms with Crippen molar-refractivity contribution >= 4 is 90.7 Å². The fourth-order valence-corrected chi connectivity index (χ4v) is 11.6. The molecule has 8 amide bonds. The van der Waals surface area contributed by atoms with Crippen molar-refractivity contribution in [3.8, 4) is 0 Å². The zero-order chi connectivity index (χ0) is 57.3. The molecule has 7 rings (SSSR count). The van der Waals surface area contributed by atoms with E-state index in [9.17, 15) is 38.7 Å². The average Bonchev–Trinajstić information content (AvgIpc) is 4.09. The summed E-state index contributed by atoms with van der Waals surface area (Å²) in [4.78, 5) is 131. The summed E-state index contributed by atoms with van der Waals surface area (Å²) in [7, 11) is 3.42. The van der Waals surface area contributed by atoms with Crippen LogP contribution < -0.4 is 49.1 Å². The Bertz CT molecular complexity index is 3110. The fraction of sp³-hybridized carbons (Fsp3) is 0.382. The molecule has 0 bridgehead atoms. The van der Waals surface area contributed by atoms with Gasteiger partial charge >= 0.3 is 0 Å². The van der Waals surface area contributed by atoms with Crippen molar-refractivity contribution in [1.82, 2.24) is 56.7 Å². The number of hydrogen-bond acceptors (Lipinski definition) is 15. The highest BCUT2D eigenvalue weighted by Crippen LogP contribution is 2.25. The number of hydrogen-bond donors (Lipinski definition) is 12. The van der Waals surface area contributed by atoms with Gasteiger partial charge in [-0.2, -0.15) is 0 Å². The van der Waals surface area contributed by atoms with Gasteiger partial charge < -0.3 is 69.1 Å². The number of carbonyl (C=O) groups is 8. The van der Waals surface area contributed by atoms with E-state index in [1.807, 2.05) is 48.5 Å². The molecule has 0 saturated carbocycles. The number of para-hydroxylation sites is 2. The summed E-state index contributed by atoms with van der Waals surface area (Å²) in [6.07, 6.45) is 8.69. The van der Waals surface area contributed by atoms with Gasteiger partial charge in [0.2, 0.25) is 47.3 Å². The van der Waals surface area contributed by atoms with Crippen molar-refractivity contribution in [2.24, 2.45) is 17.2 Å². The summed E-state index contributed by atoms with van der Waals surface area (Å²) in [6, 6.07) is 10.4. The first kappa shape index (κ1) is 59.8. The molecule has 23 nitrogen and oxygen atoms in total. The molecule has 0 unspecified atom stereocenters. The van der Waals surface area contributed by atoms with Gasteiger partial charge in [0.25, 0.3) is 0 Å². The second-order valence-corrected chi connectivity index (χ2v) is 22.2. The van der Waals surface area contributed by atoms with Gasteiger partial charge in [-0.15, -0.1) is 0 Å². The van der Waals surface area contributed by atoms with Crippen LogP contribution in [0.15, 0.2) is 110 Å². The number of pyridine rings is 2. The summed E-state index contributed by atoms with van der Waals surface area (Å²) in [5, 5.41) is 29.1. The van der Waals surface area contributed by atoms with Crippen LogP contribution in [0.4, 0.5) is 0 Å². The van der Waals surface area contributed by atoms with E-state index in [0.717, 1.165) is 48.3 Å². The maximum atomic E-state index is 15.1. The number of rotatable bonds is 18. The lowest BCUT2D eigenvalue weighted by Crippen LogP contribution is -2.62. The number of nitrogens with zero attached hydrogens (tertiary/aromatic N) is 3. The highest BCUT2D eigenvalue weighted by atomic mass is 33.1. The van der Waals surface area contributed by atoms with E-state index in [1.165, 1.54) is 20.2 Å². The number of benzene rings is 2. The Hall–Kier alpha value is -7.84. The van der Waals surface area contributed by atoms with Crippen LogP contribution in [0.25, 0.3) is 21.8 Å². The molecule has 1 saturated heterocycles. The smallest absolute Gasteiger partial charge is 0.245 e. The van der Waals surface area contributed by atoms with Crippen LogP contribution in [0.5, 0.6) is 0 Å². The molecular weight excluding hydrogens is 1060 g/mol. The predicted molar refractivity (Wildman–Crippen MR) is 305 cm³/mol. The van der Waals surface area contributed by atoms with Gasteiger partial charge in [0.05, 0.1) is 12.1 Å². The minimum atomic E-state index is -1.70. The van der Waals surface area contributed by atoms with E-state index in [4.69, 9.17) is 17.2 Å². The monoisotopic (exact) mass is 1130 g/mol. The molecule has 25 heteroatoms. The van der Waals surface area contributed by atoms with E-state index in [-0.39, 0.29) is 50.2 Å². The number of fused-ring (bicyclic) bond motifs is 2. The maximum absolute atomic E-state index is 15.1. The van der Waals surface area contributed by atoms with Gasteiger partial charge in [0.15, 0.2) is 0 Å². The largest absolute Gasteiger partial charge is 0.391 e. The Morgan fingerprint density at radius 1 is 0.738 bits per heavy atom. The van der Waals surface area contributed by atoms with Crippen LogP contribution in [0, 0.1) is 0 Å². The zero-order valence-corrected chi connectivity index (χ0v) is 45.9. The number of unbranched alkanes of at least 4 members (excludes halogenated alkanes) is 1. The van der Waals surface area contributed by atoms with Gasteiger partial charge in [-0.1, -0.05) is 70.1 Å². The molecule has 4 aromatic heterocycles. The quantitative estimate of drug-likeness (QED) is 0.0403. The first-order valence-electron chi connectivity index (χ1n) is 26.1. The average molecular weight is 1130 g/mol. The number of primary amides is 1. The van der Waals surface area contributed by atoms with Crippen molar-refractivity contribution in [2.75, 3.05) is 25.1 Å². The summed E-state index contributed by atoms with van der Waals surface area (Å²) in [5.74, 6) is -7.01. The summed E-state index contributed by atoms with van der Waals surface area (Å²) < 4.78 is 0. The number of nitrogens with two attached hydrogens (primary N) is 3. The molecule has 9 atom stereocenters. The molecule has 15 N–H and O–H groups in total. The molecule has 0 radical (unpaired) electrons. The van der Waals surface area contributed by atoms with E-state index in [2.05, 4.69) is 51.8 Å². The molecule has 1 aliphatic rings. The van der Waals surface area contributed by atoms with Crippen LogP contribution in [0.2, 0.25) is 0 Å². The van der Waals surface area contributed by atoms with Crippen LogP contribution in [0.1, 0.15) is 48.4 Å². The highest BCUT2D eigenvalue weighted by Gasteiger charge is 2.39. The molecule has 1 fully saturated rings. The Balaban J connectivity index is 1.26. The summed E-state index contributed by atoms with van der Waals surface area (Å²) in [5.41, 5.74) is 22.2. The number of aliphatic hydroxyl groups is 1. The number of aromatic nitrogens is 4. The van der Waals surface area contributed by atoms with Crippen molar-refractivity contribution in [1.29, 1.82) is 0 Å². The summed E-state index contributed by atoms with van der Waals surface area (Å²) in [6.45, 7) is 1.52. The fourth-order valence-electron chi connectivity index (χ4n) is 9.29. The first-order valence-corrected chi connectivity index (χ1v) is 28.6. The topological polar surface area (TPSA) is 368 Å². The van der Waals surface area contributed by atoms with Crippen LogP contribution in [-0.4, -0.2) is 157 Å². The third kappa shape index (κ3) is 16.1. The van der Waals surface area contributed by atoms with E-state index in [1.54, 1.807) is 55.2 Å². The zero-order valence-electron chi connectivity index (χ0n) is 44.3. The first-order chi connectivity index (χ1) is 38.5. The highest BCUT2D eigenvalue weighted by molar-refractivity contribution is 8.76. The minimum absolute atomic E-state index is 0.0281. The van der Waals surface area contributed by atoms with Gasteiger partial charge in [0.1, 0.15) is 42.3 Å². The van der Waals surface area contributed by atoms with Crippen molar-refractivity contribution in [2.45, 2.75) is 106 Å². The molecule has 1 aliphatic heterocycles. The maximum Gasteiger partial charge on any atom is 0.245 e. The molecule has 5 heterocycles. The van der Waals surface area contributed by atoms with E-state index in [0.29, 0.717) is 35.1 Å². The number of likely N-dealkylation sites (N-methyl/N-ethyl adjacent to an activating group) is 1. The lowest BCUT2D eigenvalue weighted by atomic mass is 10.00. The standard InChI is InChI=1S/C55H68N14O9S2/c1-31(70)47-54(77)67-45(51(74)63-41(48(58)71)23-34-27-61-39-15-5-3-13-36(34)39)30-80-79-29-44(66-49(72)38(57)21-32-11-9-19-59-25-32)52(75)64-42(22-33-12-10-20-60-26-33)50(73)65-43(24-35-28-62-40-16-6-4-14-37(35)40)55(78)69(2)46(53(76)68-47)17-7-8-18-56/h3-6,9-16,19-20,25-28,31,38,41-47,61-62,70H,7-8,17-18,21-24,29-30,56-57H2,1-2H3,(H2,58,71)(H,63,74)(H,64,75)(H,65,73)(H,66,72)(H,67,77)(H,68,76)/t31-,38+,41-,42+,43-,44-,45+,46+,47+/m1/s1. The number of aliphatic hydroxyl groups excluding tert-OH is 1. The minimum Gasteiger partial charge on any atom is -0.391 e. The Kier molecular flexibility index (Phi) is 21.6. The molecule has 0 aliphatic carbocycles. The number of amides is 8. The third-order valence-electron chi connectivity index (χ3n) is 13.7. The van der Waals surface area contributed by atoms with Crippen molar-refractivity contribution < 1.29 is 43.5 Å². The molecule has 424 valence electrons. The molecular formula is C55H68N14O9S2. The molecule has 6 aromatic rings. The van der Waals surface area contributed by atoms with Gasteiger partial charge in [-0.3, -0.25) is 48.3 Å². The number of nitrogens with one attached hydrogen (secondary N) is 8. The van der Waals surface area contributed by atoms with E-state index < -0.39 is 102 Å².